The Morgan fingerprint density at radius 3 is 3.00 bits per heavy atom. The fraction of sp³-hybridized carbons (Fsp3) is 0.333. The Hall–Kier alpha value is -0.280. The summed E-state index contributed by atoms with van der Waals surface area (Å²) in [5.74, 6) is 0. The average molecular weight is 220 g/mol. The Balaban J connectivity index is 0.000000845. The molecule has 2 rings (SSSR count). The van der Waals surface area contributed by atoms with Crippen molar-refractivity contribution in [1.82, 2.24) is 0 Å². The molecule has 0 radical (unpaired) electrons. The number of hydrogen-bond donors (Lipinski definition) is 1. The van der Waals surface area contributed by atoms with E-state index in [9.17, 15) is 0 Å². The lowest BCUT2D eigenvalue weighted by Crippen LogP contribution is -2.23. The van der Waals surface area contributed by atoms with Crippen LogP contribution < -0.4 is 5.73 Å². The van der Waals surface area contributed by atoms with Gasteiger partial charge >= 0.3 is 0 Å². The van der Waals surface area contributed by atoms with E-state index >= 15 is 0 Å². The van der Waals surface area contributed by atoms with Crippen LogP contribution in [-0.2, 0) is 11.3 Å². The van der Waals surface area contributed by atoms with Crippen LogP contribution in [0.25, 0.3) is 0 Å². The van der Waals surface area contributed by atoms with Gasteiger partial charge in [-0.1, -0.05) is 17.7 Å². The standard InChI is InChI=1S/C9H10ClNO.ClH/c10-7-1-2-8-6(3-7)4-12-5-9(8)11;/h1-3,9H,4-5,11H2;1H/t9-;/m0./s1. The topological polar surface area (TPSA) is 35.2 Å². The summed E-state index contributed by atoms with van der Waals surface area (Å²) >= 11 is 5.83. The molecule has 0 unspecified atom stereocenters. The molecule has 1 heterocycles. The van der Waals surface area contributed by atoms with Gasteiger partial charge in [-0.05, 0) is 23.3 Å². The Morgan fingerprint density at radius 1 is 1.46 bits per heavy atom. The number of fused-ring (bicyclic) bond motifs is 1. The highest BCUT2D eigenvalue weighted by atomic mass is 35.5. The summed E-state index contributed by atoms with van der Waals surface area (Å²) in [6.45, 7) is 1.23. The number of nitrogens with two attached hydrogens (primary N) is 1. The highest BCUT2D eigenvalue weighted by Gasteiger charge is 2.16. The summed E-state index contributed by atoms with van der Waals surface area (Å²) in [7, 11) is 0. The molecule has 0 bridgehead atoms. The van der Waals surface area contributed by atoms with Gasteiger partial charge < -0.3 is 10.5 Å². The SMILES string of the molecule is Cl.N[C@H]1COCc2cc(Cl)ccc21. The van der Waals surface area contributed by atoms with Gasteiger partial charge in [-0.2, -0.15) is 0 Å². The molecule has 4 heteroatoms. The van der Waals surface area contributed by atoms with Crippen molar-refractivity contribution >= 4 is 24.0 Å². The number of benzene rings is 1. The van der Waals surface area contributed by atoms with Gasteiger partial charge in [0.15, 0.2) is 0 Å². The zero-order valence-corrected chi connectivity index (χ0v) is 8.57. The van der Waals surface area contributed by atoms with E-state index in [-0.39, 0.29) is 18.4 Å². The van der Waals surface area contributed by atoms with E-state index in [1.165, 1.54) is 0 Å². The van der Waals surface area contributed by atoms with Gasteiger partial charge in [0.25, 0.3) is 0 Å². The zero-order valence-electron chi connectivity index (χ0n) is 7.00. The van der Waals surface area contributed by atoms with Crippen molar-refractivity contribution < 1.29 is 4.74 Å². The second kappa shape index (κ2) is 4.29. The molecule has 1 aliphatic rings. The molecule has 0 spiro atoms. The lowest BCUT2D eigenvalue weighted by atomic mass is 10.00. The highest BCUT2D eigenvalue weighted by Crippen LogP contribution is 2.25. The molecular weight excluding hydrogens is 209 g/mol. The monoisotopic (exact) mass is 219 g/mol. The van der Waals surface area contributed by atoms with Gasteiger partial charge in [0.2, 0.25) is 0 Å². The molecule has 0 amide bonds. The van der Waals surface area contributed by atoms with E-state index < -0.39 is 0 Å². The average Bonchev–Trinajstić information content (AvgIpc) is 2.04. The van der Waals surface area contributed by atoms with Crippen LogP contribution >= 0.6 is 24.0 Å². The van der Waals surface area contributed by atoms with Crippen LogP contribution in [0.2, 0.25) is 5.02 Å². The van der Waals surface area contributed by atoms with E-state index in [1.54, 1.807) is 0 Å². The van der Waals surface area contributed by atoms with Crippen LogP contribution in [0.1, 0.15) is 17.2 Å². The maximum Gasteiger partial charge on any atom is 0.0721 e. The second-order valence-electron chi connectivity index (χ2n) is 2.96. The van der Waals surface area contributed by atoms with Crippen molar-refractivity contribution in [3.63, 3.8) is 0 Å². The molecule has 1 aliphatic heterocycles. The largest absolute Gasteiger partial charge is 0.375 e. The van der Waals surface area contributed by atoms with Crippen molar-refractivity contribution in [1.29, 1.82) is 0 Å². The Morgan fingerprint density at radius 2 is 2.23 bits per heavy atom. The molecular formula is C9H11Cl2NO. The normalized spacial score (nSPS) is 20.3. The molecule has 2 N–H and O–H groups in total. The lowest BCUT2D eigenvalue weighted by molar-refractivity contribution is 0.0924. The van der Waals surface area contributed by atoms with Crippen LogP contribution in [-0.4, -0.2) is 6.61 Å². The first kappa shape index (κ1) is 10.8. The van der Waals surface area contributed by atoms with E-state index in [0.29, 0.717) is 13.2 Å². The number of ether oxygens (including phenoxy) is 1. The third kappa shape index (κ3) is 2.15. The molecule has 0 fully saturated rings. The maximum absolute atomic E-state index is 5.83. The first-order chi connectivity index (χ1) is 5.77. The van der Waals surface area contributed by atoms with Gasteiger partial charge in [-0.3, -0.25) is 0 Å². The minimum atomic E-state index is 0. The van der Waals surface area contributed by atoms with Crippen molar-refractivity contribution in [2.45, 2.75) is 12.6 Å². The number of rotatable bonds is 0. The fourth-order valence-electron chi connectivity index (χ4n) is 1.45. The predicted octanol–water partition coefficient (Wildman–Crippen LogP) is 2.29. The van der Waals surface area contributed by atoms with Gasteiger partial charge in [-0.15, -0.1) is 12.4 Å². The van der Waals surface area contributed by atoms with E-state index in [4.69, 9.17) is 22.1 Å². The predicted molar refractivity (Wildman–Crippen MR) is 55.3 cm³/mol. The van der Waals surface area contributed by atoms with Crippen LogP contribution in [0.15, 0.2) is 18.2 Å². The van der Waals surface area contributed by atoms with E-state index in [2.05, 4.69) is 0 Å². The highest BCUT2D eigenvalue weighted by molar-refractivity contribution is 6.30. The minimum Gasteiger partial charge on any atom is -0.375 e. The molecule has 0 aliphatic carbocycles. The van der Waals surface area contributed by atoms with Crippen molar-refractivity contribution in [3.8, 4) is 0 Å². The summed E-state index contributed by atoms with van der Waals surface area (Å²) in [6, 6.07) is 5.76. The second-order valence-corrected chi connectivity index (χ2v) is 3.40. The van der Waals surface area contributed by atoms with Gasteiger partial charge in [0, 0.05) is 5.02 Å². The molecule has 1 atom stereocenters. The fourth-order valence-corrected chi connectivity index (χ4v) is 1.64. The smallest absolute Gasteiger partial charge is 0.0721 e. The van der Waals surface area contributed by atoms with E-state index in [1.807, 2.05) is 18.2 Å². The lowest BCUT2D eigenvalue weighted by Gasteiger charge is -2.22. The van der Waals surface area contributed by atoms with Crippen molar-refractivity contribution in [2.75, 3.05) is 6.61 Å². The Labute approximate surface area is 88.4 Å². The molecule has 1 aromatic carbocycles. The first-order valence-corrected chi connectivity index (χ1v) is 4.27. The number of hydrogen-bond acceptors (Lipinski definition) is 2. The molecule has 13 heavy (non-hydrogen) atoms. The third-order valence-electron chi connectivity index (χ3n) is 2.06. The van der Waals surface area contributed by atoms with Crippen molar-refractivity contribution in [2.24, 2.45) is 5.73 Å². The van der Waals surface area contributed by atoms with Crippen LogP contribution in [0, 0.1) is 0 Å². The third-order valence-corrected chi connectivity index (χ3v) is 2.29. The van der Waals surface area contributed by atoms with Gasteiger partial charge in [0.05, 0.1) is 19.3 Å². The van der Waals surface area contributed by atoms with Crippen LogP contribution in [0.5, 0.6) is 0 Å². The summed E-state index contributed by atoms with van der Waals surface area (Å²) in [5, 5.41) is 0.742. The number of halogens is 2. The molecule has 72 valence electrons. The van der Waals surface area contributed by atoms with Crippen LogP contribution in [0.4, 0.5) is 0 Å². The van der Waals surface area contributed by atoms with Crippen LogP contribution in [0.3, 0.4) is 0 Å². The quantitative estimate of drug-likeness (QED) is 0.727. The minimum absolute atomic E-state index is 0. The van der Waals surface area contributed by atoms with E-state index in [0.717, 1.165) is 16.1 Å². The maximum atomic E-state index is 5.83. The zero-order chi connectivity index (χ0) is 8.55. The van der Waals surface area contributed by atoms with Gasteiger partial charge in [0.1, 0.15) is 0 Å². The molecule has 2 nitrogen and oxygen atoms in total. The summed E-state index contributed by atoms with van der Waals surface area (Å²) < 4.78 is 5.28. The first-order valence-electron chi connectivity index (χ1n) is 3.89. The van der Waals surface area contributed by atoms with Crippen molar-refractivity contribution in [3.05, 3.63) is 34.3 Å². The Bertz CT molecular complexity index is 304. The molecule has 1 aromatic rings. The summed E-state index contributed by atoms with van der Waals surface area (Å²) in [5.41, 5.74) is 8.10. The molecule has 0 saturated heterocycles. The Kier molecular flexibility index (Phi) is 3.56. The molecule has 0 saturated carbocycles. The summed E-state index contributed by atoms with van der Waals surface area (Å²) in [6.07, 6.45) is 0. The van der Waals surface area contributed by atoms with Gasteiger partial charge in [-0.25, -0.2) is 0 Å². The molecule has 0 aromatic heterocycles. The summed E-state index contributed by atoms with van der Waals surface area (Å²) in [4.78, 5) is 0.